The van der Waals surface area contributed by atoms with Crippen LogP contribution >= 0.6 is 34.5 Å². The van der Waals surface area contributed by atoms with E-state index in [0.29, 0.717) is 35.9 Å². The Morgan fingerprint density at radius 2 is 2.00 bits per heavy atom. The van der Waals surface area contributed by atoms with Crippen molar-refractivity contribution < 1.29 is 13.2 Å². The Balaban J connectivity index is 1.77. The number of hydrogen-bond acceptors (Lipinski definition) is 9. The van der Waals surface area contributed by atoms with Crippen molar-refractivity contribution in [2.24, 2.45) is 5.14 Å². The maximum Gasteiger partial charge on any atom is 0.184 e. The Hall–Kier alpha value is -1.74. The van der Waals surface area contributed by atoms with Gasteiger partial charge < -0.3 is 10.1 Å². The lowest BCUT2D eigenvalue weighted by Gasteiger charge is -2.28. The number of nitrogens with two attached hydrogens (primary N) is 1. The summed E-state index contributed by atoms with van der Waals surface area (Å²) < 4.78 is 33.8. The minimum Gasteiger partial charge on any atom is -0.497 e. The number of tetrazole rings is 1. The van der Waals surface area contributed by atoms with Gasteiger partial charge >= 0.3 is 0 Å². The van der Waals surface area contributed by atoms with Gasteiger partial charge in [0.1, 0.15) is 5.75 Å². The molecule has 9 nitrogen and oxygen atoms in total. The first-order valence-corrected chi connectivity index (χ1v) is 12.5. The van der Waals surface area contributed by atoms with E-state index in [0.717, 1.165) is 26.8 Å². The molecular weight excluding hydrogens is 539 g/mol. The second-order valence-corrected chi connectivity index (χ2v) is 10.7. The Morgan fingerprint density at radius 1 is 1.27 bits per heavy atom. The van der Waals surface area contributed by atoms with Crippen LogP contribution in [0.4, 0.5) is 0 Å². The molecule has 2 heterocycles. The first-order chi connectivity index (χ1) is 14.5. The number of rotatable bonds is 7. The summed E-state index contributed by atoms with van der Waals surface area (Å²) in [4.78, 5) is 0.676. The zero-order valence-corrected chi connectivity index (χ0v) is 19.7. The van der Waals surface area contributed by atoms with Crippen LogP contribution in [0.25, 0.3) is 11.4 Å². The van der Waals surface area contributed by atoms with E-state index >= 15 is 0 Å². The third-order valence-electron chi connectivity index (χ3n) is 4.92. The molecule has 0 atom stereocenters. The molecule has 1 saturated heterocycles. The van der Waals surface area contributed by atoms with E-state index in [2.05, 4.69) is 43.4 Å². The van der Waals surface area contributed by atoms with Gasteiger partial charge in [-0.3, -0.25) is 5.14 Å². The van der Waals surface area contributed by atoms with Crippen molar-refractivity contribution in [3.8, 4) is 17.1 Å². The smallest absolute Gasteiger partial charge is 0.184 e. The van der Waals surface area contributed by atoms with E-state index in [4.69, 9.17) is 9.88 Å². The highest BCUT2D eigenvalue weighted by Crippen LogP contribution is 2.38. The molecule has 3 aromatic rings. The van der Waals surface area contributed by atoms with Gasteiger partial charge in [0.15, 0.2) is 15.7 Å². The Bertz CT molecular complexity index is 1160. The largest absolute Gasteiger partial charge is 0.497 e. The van der Waals surface area contributed by atoms with Crippen molar-refractivity contribution in [1.82, 2.24) is 25.5 Å². The summed E-state index contributed by atoms with van der Waals surface area (Å²) in [5.74, 6) is 1.22. The fourth-order valence-electron chi connectivity index (χ4n) is 3.14. The number of methoxy groups -OCH3 is 1. The van der Waals surface area contributed by atoms with Gasteiger partial charge in [-0.15, -0.1) is 5.10 Å². The zero-order valence-electron chi connectivity index (χ0n) is 15.9. The fourth-order valence-corrected chi connectivity index (χ4v) is 6.67. The zero-order chi connectivity index (χ0) is 21.3. The third-order valence-corrected chi connectivity index (χ3v) is 8.78. The van der Waals surface area contributed by atoms with Gasteiger partial charge in [-0.05, 0) is 74.8 Å². The second kappa shape index (κ2) is 8.78. The van der Waals surface area contributed by atoms with E-state index in [1.807, 2.05) is 24.3 Å². The highest BCUT2D eigenvalue weighted by atomic mass is 127. The first kappa shape index (κ1) is 21.5. The molecule has 158 valence electrons. The summed E-state index contributed by atoms with van der Waals surface area (Å²) in [5.41, 5.74) is 1.60. The van der Waals surface area contributed by atoms with Crippen LogP contribution in [0.3, 0.4) is 0 Å². The van der Waals surface area contributed by atoms with Gasteiger partial charge in [-0.25, -0.2) is 13.1 Å². The number of halogens is 1. The lowest BCUT2D eigenvalue weighted by atomic mass is 10.2. The van der Waals surface area contributed by atoms with Crippen LogP contribution < -0.4 is 15.2 Å². The molecule has 30 heavy (non-hydrogen) atoms. The molecule has 1 aromatic heterocycles. The molecule has 0 radical (unpaired) electrons. The third kappa shape index (κ3) is 3.93. The van der Waals surface area contributed by atoms with Crippen LogP contribution in [0.15, 0.2) is 46.2 Å². The molecule has 0 bridgehead atoms. The quantitative estimate of drug-likeness (QED) is 0.330. The Labute approximate surface area is 191 Å². The molecule has 0 saturated carbocycles. The molecule has 2 aromatic carbocycles. The van der Waals surface area contributed by atoms with E-state index in [-0.39, 0.29) is 4.90 Å². The number of sulfone groups is 1. The lowest BCUT2D eigenvalue weighted by molar-refractivity contribution is 0.414. The van der Waals surface area contributed by atoms with Gasteiger partial charge in [0.25, 0.3) is 0 Å². The molecule has 1 aliphatic heterocycles. The SMILES string of the molecule is COc1ccc(Cn2nnnc2-c2c(I)ccc(S(=O)(=O)C3CNC3)c2SN)cc1. The van der Waals surface area contributed by atoms with E-state index in [1.165, 1.54) is 0 Å². The number of nitrogens with one attached hydrogen (secondary N) is 1. The first-order valence-electron chi connectivity index (χ1n) is 8.99. The number of benzene rings is 2. The average Bonchev–Trinajstić information content (AvgIpc) is 3.13. The highest BCUT2D eigenvalue weighted by Gasteiger charge is 2.35. The second-order valence-electron chi connectivity index (χ2n) is 6.70. The predicted octanol–water partition coefficient (Wildman–Crippen LogP) is 1.71. The normalized spacial score (nSPS) is 14.5. The molecule has 1 fully saturated rings. The van der Waals surface area contributed by atoms with Crippen LogP contribution in [0.2, 0.25) is 0 Å². The summed E-state index contributed by atoms with van der Waals surface area (Å²) >= 11 is 3.05. The van der Waals surface area contributed by atoms with Crippen molar-refractivity contribution in [1.29, 1.82) is 0 Å². The van der Waals surface area contributed by atoms with Gasteiger partial charge in [0, 0.05) is 16.7 Å². The van der Waals surface area contributed by atoms with Crippen LogP contribution in [0.1, 0.15) is 5.56 Å². The topological polar surface area (TPSA) is 125 Å². The summed E-state index contributed by atoms with van der Waals surface area (Å²) in [5, 5.41) is 20.6. The van der Waals surface area contributed by atoms with Gasteiger partial charge in [0.2, 0.25) is 0 Å². The number of ether oxygens (including phenoxy) is 1. The van der Waals surface area contributed by atoms with Gasteiger partial charge in [-0.1, -0.05) is 12.1 Å². The maximum atomic E-state index is 13.1. The lowest BCUT2D eigenvalue weighted by Crippen LogP contribution is -2.51. The average molecular weight is 558 g/mol. The molecular formula is C18H19IN6O3S2. The molecule has 0 spiro atoms. The monoisotopic (exact) mass is 558 g/mol. The van der Waals surface area contributed by atoms with Gasteiger partial charge in [0.05, 0.1) is 34.3 Å². The molecule has 4 rings (SSSR count). The molecule has 0 unspecified atom stereocenters. The number of hydrogen-bond donors (Lipinski definition) is 2. The highest BCUT2D eigenvalue weighted by molar-refractivity contribution is 14.1. The number of nitrogens with zero attached hydrogens (tertiary/aromatic N) is 4. The number of aromatic nitrogens is 4. The minimum absolute atomic E-state index is 0.218. The minimum atomic E-state index is -3.51. The van der Waals surface area contributed by atoms with E-state index < -0.39 is 15.1 Å². The van der Waals surface area contributed by atoms with Gasteiger partial charge in [-0.2, -0.15) is 0 Å². The molecule has 3 N–H and O–H groups in total. The fraction of sp³-hybridized carbons (Fsp3) is 0.278. The molecule has 0 aliphatic carbocycles. The van der Waals surface area contributed by atoms with Crippen molar-refractivity contribution in [2.75, 3.05) is 20.2 Å². The van der Waals surface area contributed by atoms with Crippen molar-refractivity contribution in [2.45, 2.75) is 21.6 Å². The molecule has 0 amide bonds. The maximum absolute atomic E-state index is 13.1. The molecule has 12 heteroatoms. The van der Waals surface area contributed by atoms with Crippen molar-refractivity contribution in [3.05, 3.63) is 45.5 Å². The summed E-state index contributed by atoms with van der Waals surface area (Å²) in [6.07, 6.45) is 0. The Kier molecular flexibility index (Phi) is 6.29. The summed E-state index contributed by atoms with van der Waals surface area (Å²) in [6, 6.07) is 11.0. The summed E-state index contributed by atoms with van der Waals surface area (Å²) in [7, 11) is -1.90. The van der Waals surface area contributed by atoms with Crippen LogP contribution in [0.5, 0.6) is 5.75 Å². The van der Waals surface area contributed by atoms with Crippen LogP contribution in [-0.4, -0.2) is 54.1 Å². The van der Waals surface area contributed by atoms with Crippen molar-refractivity contribution >= 4 is 44.4 Å². The Morgan fingerprint density at radius 3 is 2.60 bits per heavy atom. The standard InChI is InChI=1S/C18H19IN6O3S2/c1-28-12-4-2-11(3-5-12)10-25-18(22-23-24-25)16-14(19)6-7-15(17(16)29-20)30(26,27)13-8-21-9-13/h2-7,13,21H,8-10,20H2,1H3. The molecule has 1 aliphatic rings. The van der Waals surface area contributed by atoms with Crippen molar-refractivity contribution in [3.63, 3.8) is 0 Å². The predicted molar refractivity (Wildman–Crippen MR) is 122 cm³/mol. The van der Waals surface area contributed by atoms with E-state index in [1.54, 1.807) is 23.9 Å². The van der Waals surface area contributed by atoms with Crippen LogP contribution in [0, 0.1) is 3.57 Å². The van der Waals surface area contributed by atoms with E-state index in [9.17, 15) is 8.42 Å². The summed E-state index contributed by atoms with van der Waals surface area (Å²) in [6.45, 7) is 1.29. The van der Waals surface area contributed by atoms with Crippen LogP contribution in [-0.2, 0) is 16.4 Å².